The number of rotatable bonds is 6. The van der Waals surface area contributed by atoms with E-state index in [-0.39, 0.29) is 16.8 Å². The molecule has 0 bridgehead atoms. The molecule has 0 saturated carbocycles. The first-order chi connectivity index (χ1) is 16.5. The molecule has 35 heavy (non-hydrogen) atoms. The Kier molecular flexibility index (Phi) is 7.38. The van der Waals surface area contributed by atoms with Crippen molar-refractivity contribution in [2.45, 2.75) is 12.3 Å². The van der Waals surface area contributed by atoms with Crippen molar-refractivity contribution < 1.29 is 27.5 Å². The predicted octanol–water partition coefficient (Wildman–Crippen LogP) is 3.04. The first-order valence-corrected chi connectivity index (χ1v) is 10.2. The van der Waals surface area contributed by atoms with Gasteiger partial charge in [0.1, 0.15) is 0 Å². The lowest BCUT2D eigenvalue weighted by Crippen LogP contribution is -2.37. The van der Waals surface area contributed by atoms with Crippen LogP contribution in [0.2, 0.25) is 0 Å². The molecule has 1 unspecified atom stereocenters. The van der Waals surface area contributed by atoms with Crippen LogP contribution in [0.4, 0.5) is 18.9 Å². The molecule has 0 aliphatic carbocycles. The molecule has 0 radical (unpaired) electrons. The molecule has 11 heteroatoms. The third-order valence-electron chi connectivity index (χ3n) is 4.90. The van der Waals surface area contributed by atoms with E-state index in [1.54, 1.807) is 18.2 Å². The summed E-state index contributed by atoms with van der Waals surface area (Å²) in [6.07, 6.45) is -2.81. The average molecular weight is 487 g/mol. The zero-order valence-corrected chi connectivity index (χ0v) is 18.6. The highest BCUT2D eigenvalue weighted by Gasteiger charge is 2.31. The minimum absolute atomic E-state index is 0.0243. The number of benzene rings is 2. The molecule has 0 aliphatic heterocycles. The van der Waals surface area contributed by atoms with Crippen LogP contribution in [0.3, 0.4) is 0 Å². The Balaban J connectivity index is 1.84. The maximum absolute atomic E-state index is 13.0. The van der Waals surface area contributed by atoms with Crippen molar-refractivity contribution in [3.63, 3.8) is 0 Å². The van der Waals surface area contributed by atoms with Crippen molar-refractivity contribution in [1.82, 2.24) is 9.13 Å². The second-order valence-electron chi connectivity index (χ2n) is 7.47. The second kappa shape index (κ2) is 10.2. The van der Waals surface area contributed by atoms with E-state index >= 15 is 0 Å². The van der Waals surface area contributed by atoms with Crippen LogP contribution in [0.25, 0.3) is 6.08 Å². The van der Waals surface area contributed by atoms with Gasteiger partial charge in [0.2, 0.25) is 6.10 Å². The SMILES string of the molecule is Cn1cc(/C=C/C(=O)OC(C(=O)Nc2cccc(C(F)(F)F)c2)c2ccccc2)c(=O)n(C)c1=O. The van der Waals surface area contributed by atoms with Gasteiger partial charge in [-0.15, -0.1) is 0 Å². The van der Waals surface area contributed by atoms with Crippen LogP contribution in [0.15, 0.2) is 76.5 Å². The van der Waals surface area contributed by atoms with Crippen LogP contribution in [-0.4, -0.2) is 21.0 Å². The van der Waals surface area contributed by atoms with E-state index in [1.165, 1.54) is 38.5 Å². The molecule has 1 heterocycles. The third kappa shape index (κ3) is 6.14. The first kappa shape index (κ1) is 25.2. The number of esters is 1. The van der Waals surface area contributed by atoms with E-state index < -0.39 is 41.0 Å². The number of nitrogens with one attached hydrogen (secondary N) is 1. The van der Waals surface area contributed by atoms with Gasteiger partial charge in [-0.05, 0) is 24.3 Å². The summed E-state index contributed by atoms with van der Waals surface area (Å²) in [6.45, 7) is 0. The van der Waals surface area contributed by atoms with Crippen LogP contribution < -0.4 is 16.6 Å². The Hall–Kier alpha value is -4.41. The van der Waals surface area contributed by atoms with Crippen molar-refractivity contribution in [1.29, 1.82) is 0 Å². The average Bonchev–Trinajstić information content (AvgIpc) is 2.82. The summed E-state index contributed by atoms with van der Waals surface area (Å²) in [5, 5.41) is 2.33. The highest BCUT2D eigenvalue weighted by atomic mass is 19.4. The van der Waals surface area contributed by atoms with Gasteiger partial charge in [-0.1, -0.05) is 36.4 Å². The molecule has 1 amide bonds. The van der Waals surface area contributed by atoms with Gasteiger partial charge < -0.3 is 14.6 Å². The van der Waals surface area contributed by atoms with E-state index in [0.717, 1.165) is 39.5 Å². The summed E-state index contributed by atoms with van der Waals surface area (Å²) in [5.74, 6) is -1.87. The molecular weight excluding hydrogens is 467 g/mol. The zero-order valence-electron chi connectivity index (χ0n) is 18.6. The summed E-state index contributed by atoms with van der Waals surface area (Å²) >= 11 is 0. The number of anilines is 1. The summed E-state index contributed by atoms with van der Waals surface area (Å²) < 4.78 is 46.3. The number of carbonyl (C=O) groups excluding carboxylic acids is 2. The molecule has 0 saturated heterocycles. The maximum Gasteiger partial charge on any atom is 0.416 e. The molecule has 0 aliphatic rings. The fourth-order valence-corrected chi connectivity index (χ4v) is 3.15. The number of aryl methyl sites for hydroxylation is 1. The molecule has 2 aromatic carbocycles. The molecule has 1 N–H and O–H groups in total. The van der Waals surface area contributed by atoms with E-state index in [1.807, 2.05) is 0 Å². The minimum atomic E-state index is -4.60. The van der Waals surface area contributed by atoms with Gasteiger partial charge in [-0.2, -0.15) is 13.2 Å². The number of nitrogens with zero attached hydrogens (tertiary/aromatic N) is 2. The summed E-state index contributed by atoms with van der Waals surface area (Å²) in [7, 11) is 2.71. The standard InChI is InChI=1S/C24H20F3N3O5/c1-29-14-16(22(33)30(2)23(29)34)11-12-19(31)35-20(15-7-4-3-5-8-15)21(32)28-18-10-6-9-17(13-18)24(25,26)27/h3-14,20H,1-2H3,(H,28,32)/b12-11+. The van der Waals surface area contributed by atoms with Crippen LogP contribution >= 0.6 is 0 Å². The van der Waals surface area contributed by atoms with E-state index in [4.69, 9.17) is 4.74 Å². The lowest BCUT2D eigenvalue weighted by Gasteiger charge is -2.18. The Morgan fingerprint density at radius 3 is 2.37 bits per heavy atom. The van der Waals surface area contributed by atoms with Crippen molar-refractivity contribution in [2.24, 2.45) is 14.1 Å². The van der Waals surface area contributed by atoms with Gasteiger partial charge >= 0.3 is 17.8 Å². The number of amides is 1. The van der Waals surface area contributed by atoms with E-state index in [2.05, 4.69) is 5.32 Å². The van der Waals surface area contributed by atoms with Crippen molar-refractivity contribution in [3.8, 4) is 0 Å². The highest BCUT2D eigenvalue weighted by Crippen LogP contribution is 2.31. The summed E-state index contributed by atoms with van der Waals surface area (Å²) in [5.41, 5.74) is -1.98. The molecule has 0 fully saturated rings. The molecule has 8 nitrogen and oxygen atoms in total. The maximum atomic E-state index is 13.0. The van der Waals surface area contributed by atoms with Gasteiger partial charge in [0.15, 0.2) is 0 Å². The van der Waals surface area contributed by atoms with Crippen molar-refractivity contribution in [3.05, 3.63) is 104 Å². The lowest BCUT2D eigenvalue weighted by atomic mass is 10.1. The highest BCUT2D eigenvalue weighted by molar-refractivity contribution is 5.97. The Morgan fingerprint density at radius 1 is 1.03 bits per heavy atom. The number of hydrogen-bond acceptors (Lipinski definition) is 5. The predicted molar refractivity (Wildman–Crippen MR) is 121 cm³/mol. The monoisotopic (exact) mass is 487 g/mol. The molecule has 1 aromatic heterocycles. The van der Waals surface area contributed by atoms with Crippen LogP contribution in [-0.2, 0) is 34.6 Å². The van der Waals surface area contributed by atoms with Gasteiger partial charge in [-0.3, -0.25) is 14.2 Å². The molecule has 1 atom stereocenters. The minimum Gasteiger partial charge on any atom is -0.444 e. The van der Waals surface area contributed by atoms with Gasteiger partial charge in [-0.25, -0.2) is 9.59 Å². The number of carbonyl (C=O) groups is 2. The largest absolute Gasteiger partial charge is 0.444 e. The summed E-state index contributed by atoms with van der Waals surface area (Å²) in [4.78, 5) is 49.4. The lowest BCUT2D eigenvalue weighted by molar-refractivity contribution is -0.149. The smallest absolute Gasteiger partial charge is 0.416 e. The van der Waals surface area contributed by atoms with Gasteiger partial charge in [0, 0.05) is 37.6 Å². The number of ether oxygens (including phenoxy) is 1. The second-order valence-corrected chi connectivity index (χ2v) is 7.47. The molecule has 182 valence electrons. The fraction of sp³-hybridized carbons (Fsp3) is 0.167. The topological polar surface area (TPSA) is 99.4 Å². The first-order valence-electron chi connectivity index (χ1n) is 10.2. The van der Waals surface area contributed by atoms with Crippen LogP contribution in [0.5, 0.6) is 0 Å². The van der Waals surface area contributed by atoms with Crippen molar-refractivity contribution >= 4 is 23.6 Å². The van der Waals surface area contributed by atoms with E-state index in [0.29, 0.717) is 0 Å². The Morgan fingerprint density at radius 2 is 1.71 bits per heavy atom. The van der Waals surface area contributed by atoms with Crippen LogP contribution in [0.1, 0.15) is 22.8 Å². The van der Waals surface area contributed by atoms with Crippen LogP contribution in [0, 0.1) is 0 Å². The fourth-order valence-electron chi connectivity index (χ4n) is 3.15. The summed E-state index contributed by atoms with van der Waals surface area (Å²) in [6, 6.07) is 11.9. The number of alkyl halides is 3. The molecule has 0 spiro atoms. The normalized spacial score (nSPS) is 12.4. The van der Waals surface area contributed by atoms with E-state index in [9.17, 15) is 32.3 Å². The Bertz CT molecular complexity index is 1390. The number of aromatic nitrogens is 2. The zero-order chi connectivity index (χ0) is 25.8. The molecule has 3 aromatic rings. The number of halogens is 3. The number of hydrogen-bond donors (Lipinski definition) is 1. The molecular formula is C24H20F3N3O5. The van der Waals surface area contributed by atoms with Crippen molar-refractivity contribution in [2.75, 3.05) is 5.32 Å². The molecule has 3 rings (SSSR count). The van der Waals surface area contributed by atoms with Gasteiger partial charge in [0.05, 0.1) is 11.1 Å². The quantitative estimate of drug-likeness (QED) is 0.426. The Labute approximate surface area is 196 Å². The van der Waals surface area contributed by atoms with Gasteiger partial charge in [0.25, 0.3) is 11.5 Å². The third-order valence-corrected chi connectivity index (χ3v) is 4.90.